The van der Waals surface area contributed by atoms with E-state index in [1.165, 1.54) is 23.8 Å². The standard InChI is InChI=1S/C26H35N3O2/c1-24(2,22-21-19(16-8-9-16)6-5-7-20(21)28(4)27-22)23(30)29-14-17-10-11-26(31)13-18(29)12-25(17,3)15-26/h5-7,16-18,31H,8-15H2,1-4H3. The van der Waals surface area contributed by atoms with Gasteiger partial charge in [-0.25, -0.2) is 0 Å². The third-order valence-electron chi connectivity index (χ3n) is 9.17. The Balaban J connectivity index is 1.41. The Morgan fingerprint density at radius 1 is 1.23 bits per heavy atom. The molecule has 2 heterocycles. The van der Waals surface area contributed by atoms with Crippen LogP contribution in [0.25, 0.3) is 10.9 Å². The molecule has 6 rings (SSSR count). The van der Waals surface area contributed by atoms with E-state index < -0.39 is 11.0 Å². The molecule has 3 bridgehead atoms. The number of benzene rings is 1. The van der Waals surface area contributed by atoms with Gasteiger partial charge in [0.2, 0.25) is 5.91 Å². The Hall–Kier alpha value is -1.88. The molecule has 1 amide bonds. The number of piperidine rings is 1. The van der Waals surface area contributed by atoms with Crippen LogP contribution in [0.2, 0.25) is 0 Å². The molecule has 0 radical (unpaired) electrons. The summed E-state index contributed by atoms with van der Waals surface area (Å²) in [4.78, 5) is 16.3. The number of aliphatic hydroxyl groups is 1. The predicted octanol–water partition coefficient (Wildman–Crippen LogP) is 4.27. The Morgan fingerprint density at radius 3 is 2.74 bits per heavy atom. The van der Waals surface area contributed by atoms with Gasteiger partial charge in [-0.05, 0) is 87.7 Å². The summed E-state index contributed by atoms with van der Waals surface area (Å²) in [6.07, 6.45) is 7.05. The molecule has 3 saturated carbocycles. The zero-order valence-electron chi connectivity index (χ0n) is 19.3. The van der Waals surface area contributed by atoms with Gasteiger partial charge in [0.1, 0.15) is 0 Å². The molecule has 3 aliphatic carbocycles. The van der Waals surface area contributed by atoms with Crippen molar-refractivity contribution in [2.45, 2.75) is 88.7 Å². The van der Waals surface area contributed by atoms with Crippen LogP contribution in [-0.2, 0) is 17.3 Å². The van der Waals surface area contributed by atoms with Crippen LogP contribution in [-0.4, -0.2) is 43.9 Å². The van der Waals surface area contributed by atoms with E-state index in [1.54, 1.807) is 0 Å². The zero-order valence-corrected chi connectivity index (χ0v) is 19.3. The average Bonchev–Trinajstić information content (AvgIpc) is 3.48. The molecule has 1 aromatic heterocycles. The van der Waals surface area contributed by atoms with Crippen molar-refractivity contribution in [3.05, 3.63) is 29.5 Å². The number of fused-ring (bicyclic) bond motifs is 3. The fraction of sp³-hybridized carbons (Fsp3) is 0.692. The number of likely N-dealkylation sites (tertiary alicyclic amines) is 1. The van der Waals surface area contributed by atoms with E-state index >= 15 is 0 Å². The minimum Gasteiger partial charge on any atom is -0.390 e. The van der Waals surface area contributed by atoms with Gasteiger partial charge in [-0.1, -0.05) is 19.1 Å². The largest absolute Gasteiger partial charge is 0.390 e. The number of nitrogens with zero attached hydrogens (tertiary/aromatic N) is 3. The average molecular weight is 422 g/mol. The summed E-state index contributed by atoms with van der Waals surface area (Å²) in [5, 5.41) is 17.3. The Kier molecular flexibility index (Phi) is 3.91. The number of carbonyl (C=O) groups is 1. The molecule has 0 spiro atoms. The number of hydrogen-bond acceptors (Lipinski definition) is 3. The molecule has 166 valence electrons. The Bertz CT molecular complexity index is 1080. The third kappa shape index (κ3) is 2.78. The first-order chi connectivity index (χ1) is 14.6. The predicted molar refractivity (Wildman–Crippen MR) is 121 cm³/mol. The van der Waals surface area contributed by atoms with E-state index in [2.05, 4.69) is 43.9 Å². The fourth-order valence-electron chi connectivity index (χ4n) is 7.38. The van der Waals surface area contributed by atoms with Gasteiger partial charge in [-0.3, -0.25) is 9.48 Å². The van der Waals surface area contributed by atoms with Gasteiger partial charge in [0.05, 0.1) is 22.2 Å². The van der Waals surface area contributed by atoms with Crippen LogP contribution in [0.4, 0.5) is 0 Å². The molecule has 4 atom stereocenters. The molecule has 1 N–H and O–H groups in total. The molecular weight excluding hydrogens is 386 g/mol. The first-order valence-corrected chi connectivity index (χ1v) is 12.1. The van der Waals surface area contributed by atoms with Gasteiger partial charge in [-0.15, -0.1) is 0 Å². The summed E-state index contributed by atoms with van der Waals surface area (Å²) in [6.45, 7) is 7.30. The van der Waals surface area contributed by atoms with E-state index in [0.29, 0.717) is 11.8 Å². The number of rotatable bonds is 3. The van der Waals surface area contributed by atoms with Crippen LogP contribution < -0.4 is 0 Å². The van der Waals surface area contributed by atoms with E-state index in [1.807, 2.05) is 11.7 Å². The van der Waals surface area contributed by atoms with E-state index in [9.17, 15) is 9.90 Å². The van der Waals surface area contributed by atoms with Gasteiger partial charge < -0.3 is 10.0 Å². The van der Waals surface area contributed by atoms with Crippen LogP contribution >= 0.6 is 0 Å². The van der Waals surface area contributed by atoms with Crippen molar-refractivity contribution in [2.75, 3.05) is 6.54 Å². The summed E-state index contributed by atoms with van der Waals surface area (Å²) in [7, 11) is 1.99. The van der Waals surface area contributed by atoms with Gasteiger partial charge in [0.15, 0.2) is 0 Å². The second-order valence-corrected chi connectivity index (χ2v) is 11.9. The Labute approximate surface area is 184 Å². The van der Waals surface area contributed by atoms with Gasteiger partial charge >= 0.3 is 0 Å². The first kappa shape index (κ1) is 19.8. The van der Waals surface area contributed by atoms with Crippen molar-refractivity contribution >= 4 is 16.8 Å². The van der Waals surface area contributed by atoms with Gasteiger partial charge in [-0.2, -0.15) is 5.10 Å². The molecule has 31 heavy (non-hydrogen) atoms. The van der Waals surface area contributed by atoms with Crippen LogP contribution in [0.15, 0.2) is 18.2 Å². The minimum absolute atomic E-state index is 0.143. The van der Waals surface area contributed by atoms with Crippen LogP contribution in [0.1, 0.15) is 82.9 Å². The highest BCUT2D eigenvalue weighted by Crippen LogP contribution is 2.58. The van der Waals surface area contributed by atoms with Crippen molar-refractivity contribution in [2.24, 2.45) is 18.4 Å². The maximum Gasteiger partial charge on any atom is 0.234 e. The molecule has 4 unspecified atom stereocenters. The number of carbonyl (C=O) groups excluding carboxylic acids is 1. The highest BCUT2D eigenvalue weighted by molar-refractivity contribution is 5.95. The molecule has 2 aromatic rings. The second kappa shape index (κ2) is 6.12. The molecule has 1 aromatic carbocycles. The lowest BCUT2D eigenvalue weighted by Gasteiger charge is -2.62. The summed E-state index contributed by atoms with van der Waals surface area (Å²) >= 11 is 0. The van der Waals surface area contributed by atoms with E-state index in [0.717, 1.165) is 49.9 Å². The van der Waals surface area contributed by atoms with Crippen LogP contribution in [0, 0.1) is 11.3 Å². The summed E-state index contributed by atoms with van der Waals surface area (Å²) in [5.41, 5.74) is 2.29. The topological polar surface area (TPSA) is 58.4 Å². The van der Waals surface area contributed by atoms with Gasteiger partial charge in [0, 0.05) is 25.0 Å². The highest BCUT2D eigenvalue weighted by Gasteiger charge is 2.58. The third-order valence-corrected chi connectivity index (χ3v) is 9.17. The van der Waals surface area contributed by atoms with Crippen molar-refractivity contribution in [1.29, 1.82) is 0 Å². The van der Waals surface area contributed by atoms with Crippen molar-refractivity contribution in [1.82, 2.24) is 14.7 Å². The number of hydrogen-bond donors (Lipinski definition) is 1. The molecule has 1 saturated heterocycles. The number of amides is 1. The molecule has 5 heteroatoms. The lowest BCUT2D eigenvalue weighted by Crippen LogP contribution is -2.65. The summed E-state index contributed by atoms with van der Waals surface area (Å²) in [6, 6.07) is 6.62. The van der Waals surface area contributed by atoms with Crippen molar-refractivity contribution in [3.8, 4) is 0 Å². The highest BCUT2D eigenvalue weighted by atomic mass is 16.3. The summed E-state index contributed by atoms with van der Waals surface area (Å²) in [5.74, 6) is 1.28. The van der Waals surface area contributed by atoms with Crippen LogP contribution in [0.5, 0.6) is 0 Å². The van der Waals surface area contributed by atoms with Gasteiger partial charge in [0.25, 0.3) is 0 Å². The molecule has 1 aliphatic heterocycles. The Morgan fingerprint density at radius 2 is 2.00 bits per heavy atom. The number of aromatic nitrogens is 2. The van der Waals surface area contributed by atoms with E-state index in [-0.39, 0.29) is 17.4 Å². The maximum atomic E-state index is 14.2. The molecule has 4 fully saturated rings. The molecule has 5 nitrogen and oxygen atoms in total. The summed E-state index contributed by atoms with van der Waals surface area (Å²) < 4.78 is 1.95. The zero-order chi connectivity index (χ0) is 21.8. The quantitative estimate of drug-likeness (QED) is 0.805. The molecule has 4 aliphatic rings. The SMILES string of the molecule is Cn1nc(C(C)(C)C(=O)N2CC3CCC4(O)CC2CC3(C)C4)c2c(C3CC3)cccc21. The fourth-order valence-corrected chi connectivity index (χ4v) is 7.38. The second-order valence-electron chi connectivity index (χ2n) is 11.9. The smallest absolute Gasteiger partial charge is 0.234 e. The van der Waals surface area contributed by atoms with E-state index in [4.69, 9.17) is 5.10 Å². The first-order valence-electron chi connectivity index (χ1n) is 12.1. The maximum absolute atomic E-state index is 14.2. The van der Waals surface area contributed by atoms with Crippen LogP contribution in [0.3, 0.4) is 0 Å². The normalized spacial score (nSPS) is 35.1. The van der Waals surface area contributed by atoms with Crippen molar-refractivity contribution < 1.29 is 9.90 Å². The lowest BCUT2D eigenvalue weighted by atomic mass is 9.52. The lowest BCUT2D eigenvalue weighted by molar-refractivity contribution is -0.180. The number of aryl methyl sites for hydroxylation is 1. The minimum atomic E-state index is -0.697. The van der Waals surface area contributed by atoms with Crippen molar-refractivity contribution in [3.63, 3.8) is 0 Å². The molecular formula is C26H35N3O2. The monoisotopic (exact) mass is 421 g/mol.